The summed E-state index contributed by atoms with van der Waals surface area (Å²) in [5, 5.41) is 19.9. The third-order valence-corrected chi connectivity index (χ3v) is 4.51. The van der Waals surface area contributed by atoms with E-state index in [0.29, 0.717) is 5.56 Å². The average molecular weight is 392 g/mol. The normalized spacial score (nSPS) is 12.4. The molecule has 0 spiro atoms. The number of benzene rings is 1. The van der Waals surface area contributed by atoms with E-state index in [2.05, 4.69) is 13.2 Å². The number of allylic oxidation sites excluding steroid dienone is 3. The van der Waals surface area contributed by atoms with Gasteiger partial charge in [0, 0.05) is 12.0 Å². The molecule has 0 aromatic heterocycles. The fourth-order valence-electron chi connectivity index (χ4n) is 3.07. The Morgan fingerprint density at radius 3 is 2.10 bits per heavy atom. The molecule has 0 saturated carbocycles. The Balaban J connectivity index is 4.15. The third kappa shape index (κ3) is 5.00. The summed E-state index contributed by atoms with van der Waals surface area (Å²) >= 11 is 0. The zero-order valence-electron chi connectivity index (χ0n) is 16.9. The fraction of sp³-hybridized carbons (Fsp3) is 0.304. The molecule has 6 nitrogen and oxygen atoms in total. The Morgan fingerprint density at radius 1 is 1.10 bits per heavy atom. The molecule has 0 heterocycles. The van der Waals surface area contributed by atoms with E-state index in [9.17, 15) is 20.1 Å². The van der Waals surface area contributed by atoms with Crippen LogP contribution < -0.4 is 0 Å². The molecule has 0 N–H and O–H groups in total. The molecular weight excluding hydrogens is 368 g/mol. The number of carbonyl (C=O) groups is 2. The first-order valence-electron chi connectivity index (χ1n) is 8.87. The van der Waals surface area contributed by atoms with Gasteiger partial charge in [0.25, 0.3) is 0 Å². The van der Waals surface area contributed by atoms with Gasteiger partial charge in [0.05, 0.1) is 37.8 Å². The number of hydrogen-bond donors (Lipinski definition) is 0. The van der Waals surface area contributed by atoms with Crippen molar-refractivity contribution in [2.24, 2.45) is 11.3 Å². The molecule has 0 saturated heterocycles. The highest BCUT2D eigenvalue weighted by Crippen LogP contribution is 2.43. The highest BCUT2D eigenvalue weighted by molar-refractivity contribution is 6.04. The zero-order chi connectivity index (χ0) is 22.0. The summed E-state index contributed by atoms with van der Waals surface area (Å²) in [5.41, 5.74) is -0.349. The van der Waals surface area contributed by atoms with Crippen LogP contribution in [0.5, 0.6) is 0 Å². The van der Waals surface area contributed by atoms with E-state index in [0.717, 1.165) is 5.56 Å². The standard InChI is InChI=1S/C23H24N2O4/c1-6-8-18(21(26)28-4)19(22(27)29-5)20(17-11-9-16(3)10-12-17)23(14-24,15-25)13-7-2/h6-7,9-12,18H,1-2,8,13H2,3-5H3/b20-19+. The summed E-state index contributed by atoms with van der Waals surface area (Å²) in [6, 6.07) is 11.0. The van der Waals surface area contributed by atoms with Crippen LogP contribution in [-0.2, 0) is 19.1 Å². The molecule has 1 aromatic rings. The lowest BCUT2D eigenvalue weighted by Crippen LogP contribution is -2.29. The number of rotatable bonds is 9. The monoisotopic (exact) mass is 392 g/mol. The van der Waals surface area contributed by atoms with E-state index in [1.54, 1.807) is 24.3 Å². The van der Waals surface area contributed by atoms with Crippen molar-refractivity contribution in [3.05, 3.63) is 66.3 Å². The quantitative estimate of drug-likeness (QED) is 0.359. The van der Waals surface area contributed by atoms with Crippen LogP contribution in [0.15, 0.2) is 55.1 Å². The van der Waals surface area contributed by atoms with Crippen molar-refractivity contribution in [1.29, 1.82) is 10.5 Å². The van der Waals surface area contributed by atoms with Gasteiger partial charge in [-0.15, -0.1) is 13.2 Å². The number of esters is 2. The van der Waals surface area contributed by atoms with Gasteiger partial charge >= 0.3 is 11.9 Å². The van der Waals surface area contributed by atoms with Crippen molar-refractivity contribution in [1.82, 2.24) is 0 Å². The molecule has 0 amide bonds. The van der Waals surface area contributed by atoms with Crippen molar-refractivity contribution in [3.63, 3.8) is 0 Å². The van der Waals surface area contributed by atoms with Gasteiger partial charge in [-0.2, -0.15) is 10.5 Å². The Labute approximate surface area is 171 Å². The van der Waals surface area contributed by atoms with E-state index in [1.165, 1.54) is 26.4 Å². The van der Waals surface area contributed by atoms with Crippen LogP contribution in [0.25, 0.3) is 5.57 Å². The minimum Gasteiger partial charge on any atom is -0.469 e. The molecule has 0 radical (unpaired) electrons. The van der Waals surface area contributed by atoms with Gasteiger partial charge in [0.2, 0.25) is 0 Å². The lowest BCUT2D eigenvalue weighted by Gasteiger charge is -2.27. The summed E-state index contributed by atoms with van der Waals surface area (Å²) in [6.45, 7) is 9.16. The van der Waals surface area contributed by atoms with Gasteiger partial charge in [-0.1, -0.05) is 42.0 Å². The number of hydrogen-bond acceptors (Lipinski definition) is 6. The van der Waals surface area contributed by atoms with Gasteiger partial charge in [0.1, 0.15) is 0 Å². The van der Waals surface area contributed by atoms with Gasteiger partial charge in [-0.05, 0) is 18.9 Å². The molecular formula is C23H24N2O4. The van der Waals surface area contributed by atoms with Crippen molar-refractivity contribution in [2.75, 3.05) is 14.2 Å². The number of ether oxygens (including phenoxy) is 2. The Hall–Kier alpha value is -3.64. The van der Waals surface area contributed by atoms with Gasteiger partial charge < -0.3 is 9.47 Å². The van der Waals surface area contributed by atoms with Crippen molar-refractivity contribution in [3.8, 4) is 12.1 Å². The van der Waals surface area contributed by atoms with Gasteiger partial charge in [-0.3, -0.25) is 4.79 Å². The second kappa shape index (κ2) is 10.6. The first-order chi connectivity index (χ1) is 13.8. The van der Waals surface area contributed by atoms with Crippen LogP contribution >= 0.6 is 0 Å². The molecule has 1 unspecified atom stereocenters. The number of carbonyl (C=O) groups excluding carboxylic acids is 2. The van der Waals surface area contributed by atoms with E-state index >= 15 is 0 Å². The second-order valence-corrected chi connectivity index (χ2v) is 6.37. The maximum Gasteiger partial charge on any atom is 0.335 e. The van der Waals surface area contributed by atoms with Crippen molar-refractivity contribution < 1.29 is 19.1 Å². The first-order valence-corrected chi connectivity index (χ1v) is 8.87. The molecule has 0 bridgehead atoms. The Morgan fingerprint density at radius 2 is 1.69 bits per heavy atom. The molecule has 1 rings (SSSR count). The van der Waals surface area contributed by atoms with Crippen LogP contribution in [-0.4, -0.2) is 26.2 Å². The average Bonchev–Trinajstić information content (AvgIpc) is 2.74. The Bertz CT molecular complexity index is 884. The maximum absolute atomic E-state index is 12.8. The molecule has 6 heteroatoms. The summed E-state index contributed by atoms with van der Waals surface area (Å²) in [5.74, 6) is -2.61. The highest BCUT2D eigenvalue weighted by Gasteiger charge is 2.42. The zero-order valence-corrected chi connectivity index (χ0v) is 16.9. The van der Waals surface area contributed by atoms with Gasteiger partial charge in [0.15, 0.2) is 5.41 Å². The summed E-state index contributed by atoms with van der Waals surface area (Å²) < 4.78 is 9.81. The lowest BCUT2D eigenvalue weighted by molar-refractivity contribution is -0.147. The highest BCUT2D eigenvalue weighted by atomic mass is 16.5. The van der Waals surface area contributed by atoms with Crippen molar-refractivity contribution in [2.45, 2.75) is 19.8 Å². The topological polar surface area (TPSA) is 100 Å². The van der Waals surface area contributed by atoms with Crippen molar-refractivity contribution >= 4 is 17.5 Å². The van der Waals surface area contributed by atoms with Crippen LogP contribution in [0, 0.1) is 40.9 Å². The molecule has 29 heavy (non-hydrogen) atoms. The molecule has 0 fully saturated rings. The summed E-state index contributed by atoms with van der Waals surface area (Å²) in [4.78, 5) is 25.4. The number of methoxy groups -OCH3 is 2. The SMILES string of the molecule is C=CCC(C(=O)OC)/C(C(=O)OC)=C(/c1ccc(C)cc1)C(C#N)(C#N)CC=C. The fourth-order valence-corrected chi connectivity index (χ4v) is 3.07. The largest absolute Gasteiger partial charge is 0.469 e. The molecule has 1 atom stereocenters. The van der Waals surface area contributed by atoms with Gasteiger partial charge in [-0.25, -0.2) is 4.79 Å². The second-order valence-electron chi connectivity index (χ2n) is 6.37. The predicted octanol–water partition coefficient (Wildman–Crippen LogP) is 3.90. The van der Waals surface area contributed by atoms with E-state index in [4.69, 9.17) is 9.47 Å². The molecule has 150 valence electrons. The molecule has 0 aliphatic heterocycles. The first kappa shape index (κ1) is 23.4. The van der Waals surface area contributed by atoms with Crippen LogP contribution in [0.4, 0.5) is 0 Å². The summed E-state index contributed by atoms with van der Waals surface area (Å²) in [6.07, 6.45) is 2.90. The Kier molecular flexibility index (Phi) is 8.58. The molecule has 1 aromatic carbocycles. The van der Waals surface area contributed by atoms with Crippen LogP contribution in [0.1, 0.15) is 24.0 Å². The van der Waals surface area contributed by atoms with E-state index < -0.39 is 23.3 Å². The molecule has 0 aliphatic carbocycles. The van der Waals surface area contributed by atoms with E-state index in [-0.39, 0.29) is 24.0 Å². The minimum absolute atomic E-state index is 0.0499. The molecule has 0 aliphatic rings. The smallest absolute Gasteiger partial charge is 0.335 e. The van der Waals surface area contributed by atoms with Crippen LogP contribution in [0.2, 0.25) is 0 Å². The predicted molar refractivity (Wildman–Crippen MR) is 109 cm³/mol. The summed E-state index contributed by atoms with van der Waals surface area (Å²) in [7, 11) is 2.37. The minimum atomic E-state index is -1.76. The number of nitrogens with zero attached hydrogens (tertiary/aromatic N) is 2. The third-order valence-electron chi connectivity index (χ3n) is 4.51. The lowest BCUT2D eigenvalue weighted by atomic mass is 9.71. The number of nitriles is 2. The maximum atomic E-state index is 12.8. The number of aryl methyl sites for hydroxylation is 1. The van der Waals surface area contributed by atoms with E-state index in [1.807, 2.05) is 19.1 Å². The van der Waals surface area contributed by atoms with Crippen LogP contribution in [0.3, 0.4) is 0 Å².